The zero-order chi connectivity index (χ0) is 57.8. The Bertz CT molecular complexity index is 2640. The molecule has 10 rings (SSSR count). The fourth-order valence-electron chi connectivity index (χ4n) is 12.3. The van der Waals surface area contributed by atoms with Crippen molar-refractivity contribution in [2.75, 3.05) is 39.5 Å². The Morgan fingerprint density at radius 3 is 2.17 bits per heavy atom. The first-order valence-corrected chi connectivity index (χ1v) is 28.7. The van der Waals surface area contributed by atoms with Gasteiger partial charge in [-0.2, -0.15) is 0 Å². The van der Waals surface area contributed by atoms with Crippen molar-refractivity contribution in [3.63, 3.8) is 0 Å². The molecule has 2 aliphatic carbocycles. The number of aliphatic hydroxyl groups is 8. The molecule has 4 saturated heterocycles. The van der Waals surface area contributed by atoms with Crippen LogP contribution in [0.4, 0.5) is 0 Å². The van der Waals surface area contributed by atoms with E-state index >= 15 is 0 Å². The number of para-hydroxylation sites is 1. The van der Waals surface area contributed by atoms with Crippen LogP contribution in [0.25, 0.3) is 17.3 Å². The summed E-state index contributed by atoms with van der Waals surface area (Å²) < 4.78 is 59.1. The molecule has 0 bridgehead atoms. The fourth-order valence-corrected chi connectivity index (χ4v) is 12.3. The van der Waals surface area contributed by atoms with Crippen molar-refractivity contribution < 1.29 is 93.1 Å². The quantitative estimate of drug-likeness (QED) is 0.0758. The van der Waals surface area contributed by atoms with Crippen LogP contribution in [0.1, 0.15) is 83.2 Å². The highest BCUT2D eigenvalue weighted by atomic mass is 16.7. The first kappa shape index (κ1) is 60.3. The van der Waals surface area contributed by atoms with Crippen LogP contribution in [0.5, 0.6) is 5.75 Å². The number of amides is 2. The number of ether oxygens (including phenoxy) is 9. The van der Waals surface area contributed by atoms with Crippen molar-refractivity contribution in [2.45, 2.75) is 188 Å². The summed E-state index contributed by atoms with van der Waals surface area (Å²) in [4.78, 5) is 29.3. The predicted molar refractivity (Wildman–Crippen MR) is 287 cm³/mol. The Morgan fingerprint density at radius 2 is 1.46 bits per heavy atom. The van der Waals surface area contributed by atoms with Gasteiger partial charge in [-0.05, 0) is 56.6 Å². The summed E-state index contributed by atoms with van der Waals surface area (Å²) in [6, 6.07) is 14.4. The van der Waals surface area contributed by atoms with E-state index in [-0.39, 0.29) is 37.9 Å². The summed E-state index contributed by atoms with van der Waals surface area (Å²) in [5.41, 5.74) is 2.54. The lowest BCUT2D eigenvalue weighted by Gasteiger charge is -2.49. The Labute approximate surface area is 475 Å². The molecule has 0 radical (unpaired) electrons. The minimum atomic E-state index is -1.77. The molecule has 6 heterocycles. The van der Waals surface area contributed by atoms with Crippen molar-refractivity contribution in [3.05, 3.63) is 84.3 Å². The number of nitrogens with one attached hydrogen (secondary N) is 1. The standard InChI is InChI=1S/C58H79N5O19/c1-30-37(24-36-17-10-11-18-40(36)76-30)29-74-54-48(69)44(27-65)81-57(51(54)72)75-28-34-21-39(63-25-38(60-61-63)35-15-8-5-9-16-35)52(82-58-50(71)49(70)46(67)31(2)77-58)41(23-34)79-56-45(59-32(3)66)53(47(68)43(26-64)80-56)78-42(55(73)62-19-12-20-62)22-33-13-6-4-7-14-33/h5,8-11,15-18,24-25,31,33-34,39,41-54,56-58,64-65,67-72H,1,4,6-7,12-14,19-23,26-29H2,2-3H3,(H,59,66)/t31?,34?,39-,41-,42+,43?,44-,45?,46-,47+,48-,49+,50?,51?,52?,53?,54?,56-,57+,58+/m1/s1. The molecule has 20 atom stereocenters. The summed E-state index contributed by atoms with van der Waals surface area (Å²) in [5, 5.41) is 102. The van der Waals surface area contributed by atoms with Crippen LogP contribution in [0.3, 0.4) is 0 Å². The molecule has 5 aliphatic heterocycles. The van der Waals surface area contributed by atoms with Gasteiger partial charge in [-0.3, -0.25) is 9.59 Å². The molecule has 9 unspecified atom stereocenters. The van der Waals surface area contributed by atoms with Crippen LogP contribution in [-0.2, 0) is 47.5 Å². The number of carbonyl (C=O) groups excluding carboxylic acids is 2. The van der Waals surface area contributed by atoms with Crippen molar-refractivity contribution in [1.29, 1.82) is 0 Å². The van der Waals surface area contributed by atoms with E-state index in [1.165, 1.54) is 13.8 Å². The molecule has 0 spiro atoms. The minimum absolute atomic E-state index is 0.0137. The third-order valence-corrected chi connectivity index (χ3v) is 17.1. The molecule has 24 nitrogen and oxygen atoms in total. The second-order valence-electron chi connectivity index (χ2n) is 22.8. The second kappa shape index (κ2) is 27.0. The highest BCUT2D eigenvalue weighted by Gasteiger charge is 2.54. The molecule has 2 amide bonds. The predicted octanol–water partition coefficient (Wildman–Crippen LogP) is 0.864. The van der Waals surface area contributed by atoms with Gasteiger partial charge in [-0.25, -0.2) is 4.68 Å². The van der Waals surface area contributed by atoms with Crippen LogP contribution < -0.4 is 10.1 Å². The van der Waals surface area contributed by atoms with Crippen molar-refractivity contribution in [2.24, 2.45) is 11.8 Å². The Kier molecular flexibility index (Phi) is 19.9. The van der Waals surface area contributed by atoms with E-state index < -0.39 is 141 Å². The van der Waals surface area contributed by atoms with Gasteiger partial charge in [-0.15, -0.1) is 5.10 Å². The summed E-state index contributed by atoms with van der Waals surface area (Å²) >= 11 is 0. The van der Waals surface area contributed by atoms with Crippen LogP contribution >= 0.6 is 0 Å². The number of hydrogen-bond donors (Lipinski definition) is 9. The second-order valence-corrected chi connectivity index (χ2v) is 22.8. The van der Waals surface area contributed by atoms with Gasteiger partial charge in [0.1, 0.15) is 96.5 Å². The first-order valence-electron chi connectivity index (χ1n) is 28.7. The summed E-state index contributed by atoms with van der Waals surface area (Å²) in [6.45, 7) is 6.19. The summed E-state index contributed by atoms with van der Waals surface area (Å²) in [6.07, 6.45) is -14.2. The third kappa shape index (κ3) is 13.5. The zero-order valence-electron chi connectivity index (χ0n) is 46.1. The summed E-state index contributed by atoms with van der Waals surface area (Å²) in [5.74, 6) is -0.299. The number of fused-ring (bicyclic) bond motifs is 1. The molecule has 1 aromatic heterocycles. The maximum atomic E-state index is 14.2. The number of aliphatic hydroxyl groups excluding tert-OH is 8. The first-order chi connectivity index (χ1) is 39.6. The average Bonchev–Trinajstić information content (AvgIpc) is 3.89. The van der Waals surface area contributed by atoms with Gasteiger partial charge in [0.2, 0.25) is 5.91 Å². The minimum Gasteiger partial charge on any atom is -0.457 e. The number of hydrogen-bond acceptors (Lipinski definition) is 21. The van der Waals surface area contributed by atoms with E-state index in [4.69, 9.17) is 42.6 Å². The Hall–Kier alpha value is -4.84. The third-order valence-electron chi connectivity index (χ3n) is 17.1. The van der Waals surface area contributed by atoms with E-state index in [1.54, 1.807) is 21.8 Å². The normalized spacial score (nSPS) is 36.6. The van der Waals surface area contributed by atoms with Crippen molar-refractivity contribution >= 4 is 17.9 Å². The maximum absolute atomic E-state index is 14.2. The molecule has 450 valence electrons. The van der Waals surface area contributed by atoms with Gasteiger partial charge in [-0.1, -0.05) is 92.4 Å². The van der Waals surface area contributed by atoms with E-state index in [1.807, 2.05) is 54.6 Å². The number of rotatable bonds is 20. The molecule has 6 fully saturated rings. The highest BCUT2D eigenvalue weighted by molar-refractivity contribution is 5.81. The maximum Gasteiger partial charge on any atom is 0.251 e. The Balaban J connectivity index is 0.973. The smallest absolute Gasteiger partial charge is 0.251 e. The van der Waals surface area contributed by atoms with Crippen molar-refractivity contribution in [3.8, 4) is 17.0 Å². The lowest BCUT2D eigenvalue weighted by atomic mass is 9.81. The van der Waals surface area contributed by atoms with Gasteiger partial charge < -0.3 is 93.7 Å². The zero-order valence-corrected chi connectivity index (χ0v) is 46.1. The van der Waals surface area contributed by atoms with E-state index in [0.717, 1.165) is 49.7 Å². The number of benzene rings is 2. The summed E-state index contributed by atoms with van der Waals surface area (Å²) in [7, 11) is 0. The molecule has 2 saturated carbocycles. The van der Waals surface area contributed by atoms with Crippen LogP contribution in [-0.4, -0.2) is 222 Å². The van der Waals surface area contributed by atoms with E-state index in [0.29, 0.717) is 42.3 Å². The monoisotopic (exact) mass is 1150 g/mol. The topological polar surface area (TPSA) is 325 Å². The molecule has 9 N–H and O–H groups in total. The number of likely N-dealkylation sites (tertiary alicyclic amines) is 1. The van der Waals surface area contributed by atoms with Gasteiger partial charge in [0, 0.05) is 36.7 Å². The SMILES string of the molecule is C=C1Oc2ccccc2C=C1COC1C(O)[C@@H](OCC2C[C@@H](n3cc(-c4ccccc4)nn3)C(O[C@@H]3OC(C)[C@@H](O)[C@H](O)C3O)[C@H](O[C@@H]3OC(CO)[C@H](O)C(O[C@@H](CC4CCCCC4)C(=O)N4CCC4)C3NC(C)=O)C2)O[C@H](CO)[C@H]1O. The molecule has 7 aliphatic rings. The van der Waals surface area contributed by atoms with Gasteiger partial charge in [0.05, 0.1) is 50.9 Å². The largest absolute Gasteiger partial charge is 0.457 e. The van der Waals surface area contributed by atoms with Crippen LogP contribution in [0, 0.1) is 11.8 Å². The molecule has 24 heteroatoms. The van der Waals surface area contributed by atoms with Crippen LogP contribution in [0.2, 0.25) is 0 Å². The number of aromatic nitrogens is 3. The molecular formula is C58H79N5O19. The highest BCUT2D eigenvalue weighted by Crippen LogP contribution is 2.42. The number of nitrogens with zero attached hydrogens (tertiary/aromatic N) is 4. The van der Waals surface area contributed by atoms with E-state index in [9.17, 15) is 50.4 Å². The molecular weight excluding hydrogens is 1070 g/mol. The lowest BCUT2D eigenvalue weighted by Crippen LogP contribution is -2.67. The molecule has 2 aromatic carbocycles. The van der Waals surface area contributed by atoms with Crippen molar-refractivity contribution in [1.82, 2.24) is 25.2 Å². The van der Waals surface area contributed by atoms with Crippen LogP contribution in [0.15, 0.2) is 78.7 Å². The fraction of sp³-hybridized carbons (Fsp3) is 0.655. The average molecular weight is 1150 g/mol. The van der Waals surface area contributed by atoms with Gasteiger partial charge in [0.15, 0.2) is 18.9 Å². The lowest BCUT2D eigenvalue weighted by molar-refractivity contribution is -0.340. The molecule has 3 aromatic rings. The van der Waals surface area contributed by atoms with Gasteiger partial charge in [0.25, 0.3) is 5.91 Å². The van der Waals surface area contributed by atoms with Gasteiger partial charge >= 0.3 is 0 Å². The van der Waals surface area contributed by atoms with E-state index in [2.05, 4.69) is 22.2 Å². The number of carbonyl (C=O) groups is 2. The Morgan fingerprint density at radius 1 is 0.756 bits per heavy atom. The molecule has 82 heavy (non-hydrogen) atoms.